The van der Waals surface area contributed by atoms with E-state index in [4.69, 9.17) is 0 Å². The molecule has 3 rings (SSSR count). The van der Waals surface area contributed by atoms with E-state index in [1.54, 1.807) is 10.7 Å². The molecule has 1 saturated heterocycles. The van der Waals surface area contributed by atoms with Crippen molar-refractivity contribution < 1.29 is 0 Å². The first-order valence-corrected chi connectivity index (χ1v) is 6.43. The molecule has 1 aromatic heterocycles. The normalized spacial score (nSPS) is 16.9. The van der Waals surface area contributed by atoms with Crippen LogP contribution >= 0.6 is 0 Å². The summed E-state index contributed by atoms with van der Waals surface area (Å²) in [6, 6.07) is 11.4. The van der Waals surface area contributed by atoms with Crippen molar-refractivity contribution >= 4 is 0 Å². The Balaban J connectivity index is 1.93. The van der Waals surface area contributed by atoms with Crippen molar-refractivity contribution in [3.05, 3.63) is 52.4 Å². The van der Waals surface area contributed by atoms with Crippen LogP contribution in [0.3, 0.4) is 0 Å². The van der Waals surface area contributed by atoms with Crippen LogP contribution in [-0.2, 0) is 0 Å². The van der Waals surface area contributed by atoms with Crippen molar-refractivity contribution in [1.29, 1.82) is 0 Å². The monoisotopic (exact) mass is 243 g/mol. The Kier molecular flexibility index (Phi) is 3.02. The molecule has 1 fully saturated rings. The summed E-state index contributed by atoms with van der Waals surface area (Å²) in [4.78, 5) is 12.0. The number of hydrogen-bond acceptors (Lipinski definition) is 2. The van der Waals surface area contributed by atoms with Crippen LogP contribution in [0, 0.1) is 0 Å². The lowest BCUT2D eigenvalue weighted by molar-refractivity contribution is 0.451. The van der Waals surface area contributed by atoms with Crippen molar-refractivity contribution in [2.75, 3.05) is 13.1 Å². The molecule has 0 aliphatic carbocycles. The van der Waals surface area contributed by atoms with Gasteiger partial charge in [-0.2, -0.15) is 0 Å². The Bertz CT molecular complexity index is 564. The number of para-hydroxylation sites is 1. The fourth-order valence-electron chi connectivity index (χ4n) is 2.52. The van der Waals surface area contributed by atoms with Crippen LogP contribution in [0.2, 0.25) is 0 Å². The highest BCUT2D eigenvalue weighted by Crippen LogP contribution is 2.22. The lowest BCUT2D eigenvalue weighted by Gasteiger charge is -2.21. The van der Waals surface area contributed by atoms with Gasteiger partial charge in [0.15, 0.2) is 0 Å². The molecule has 94 valence electrons. The zero-order chi connectivity index (χ0) is 12.4. The number of hydrogen-bond donors (Lipinski definition) is 2. The van der Waals surface area contributed by atoms with Crippen molar-refractivity contribution in [3.63, 3.8) is 0 Å². The number of benzene rings is 1. The summed E-state index contributed by atoms with van der Waals surface area (Å²) < 4.78 is 1.62. The third-order valence-corrected chi connectivity index (χ3v) is 3.53. The van der Waals surface area contributed by atoms with Gasteiger partial charge in [0.2, 0.25) is 0 Å². The van der Waals surface area contributed by atoms with E-state index in [1.165, 1.54) is 0 Å². The maximum atomic E-state index is 12.0. The van der Waals surface area contributed by atoms with Crippen LogP contribution in [0.15, 0.2) is 41.2 Å². The fraction of sp³-hybridized carbons (Fsp3) is 0.357. The Morgan fingerprint density at radius 1 is 1.11 bits per heavy atom. The first-order chi connectivity index (χ1) is 8.84. The smallest absolute Gasteiger partial charge is 0.271 e. The zero-order valence-electron chi connectivity index (χ0n) is 10.2. The van der Waals surface area contributed by atoms with E-state index < -0.39 is 0 Å². The summed E-state index contributed by atoms with van der Waals surface area (Å²) in [6.07, 6.45) is 2.18. The van der Waals surface area contributed by atoms with E-state index in [0.717, 1.165) is 37.3 Å². The summed E-state index contributed by atoms with van der Waals surface area (Å²) in [5.41, 5.74) is 1.97. The second-order valence-corrected chi connectivity index (χ2v) is 4.74. The van der Waals surface area contributed by atoms with Crippen LogP contribution < -0.4 is 10.9 Å². The second-order valence-electron chi connectivity index (χ2n) is 4.74. The minimum atomic E-state index is 0.0229. The molecule has 0 unspecified atom stereocenters. The minimum absolute atomic E-state index is 0.0229. The van der Waals surface area contributed by atoms with Gasteiger partial charge in [0.05, 0.1) is 5.69 Å². The molecule has 0 amide bonds. The average molecular weight is 243 g/mol. The van der Waals surface area contributed by atoms with Gasteiger partial charge in [0, 0.05) is 17.7 Å². The summed E-state index contributed by atoms with van der Waals surface area (Å²) in [5, 5.41) is 6.58. The molecule has 2 heterocycles. The highest BCUT2D eigenvalue weighted by atomic mass is 16.1. The third-order valence-electron chi connectivity index (χ3n) is 3.53. The first-order valence-electron chi connectivity index (χ1n) is 6.43. The van der Waals surface area contributed by atoms with Crippen molar-refractivity contribution in [2.24, 2.45) is 0 Å². The molecular formula is C14H17N3O. The van der Waals surface area contributed by atoms with Crippen LogP contribution in [0.25, 0.3) is 5.69 Å². The van der Waals surface area contributed by atoms with E-state index in [0.29, 0.717) is 5.92 Å². The number of nitrogens with one attached hydrogen (secondary N) is 2. The molecule has 18 heavy (non-hydrogen) atoms. The standard InChI is InChI=1S/C14H17N3O/c18-14-10-13(11-6-8-15-9-7-11)16-17(14)12-4-2-1-3-5-12/h1-5,10-11,15-16H,6-9H2. The van der Waals surface area contributed by atoms with Crippen molar-refractivity contribution in [3.8, 4) is 5.69 Å². The van der Waals surface area contributed by atoms with Gasteiger partial charge < -0.3 is 5.32 Å². The number of rotatable bonds is 2. The molecule has 0 saturated carbocycles. The van der Waals surface area contributed by atoms with Gasteiger partial charge in [-0.15, -0.1) is 0 Å². The van der Waals surface area contributed by atoms with Gasteiger partial charge in [0.1, 0.15) is 0 Å². The van der Waals surface area contributed by atoms with E-state index in [1.807, 2.05) is 30.3 Å². The van der Waals surface area contributed by atoms with Gasteiger partial charge in [-0.3, -0.25) is 9.89 Å². The number of piperidine rings is 1. The molecule has 2 N–H and O–H groups in total. The number of aromatic nitrogens is 2. The van der Waals surface area contributed by atoms with E-state index in [-0.39, 0.29) is 5.56 Å². The van der Waals surface area contributed by atoms with Crippen molar-refractivity contribution in [2.45, 2.75) is 18.8 Å². The van der Waals surface area contributed by atoms with E-state index in [2.05, 4.69) is 10.4 Å². The largest absolute Gasteiger partial charge is 0.317 e. The summed E-state index contributed by atoms with van der Waals surface area (Å²) in [5.74, 6) is 0.476. The molecule has 0 bridgehead atoms. The number of aromatic amines is 1. The highest BCUT2D eigenvalue weighted by Gasteiger charge is 2.18. The summed E-state index contributed by atoms with van der Waals surface area (Å²) in [7, 11) is 0. The molecule has 4 heteroatoms. The van der Waals surface area contributed by atoms with Crippen LogP contribution in [0.5, 0.6) is 0 Å². The SMILES string of the molecule is O=c1cc(C2CCNCC2)[nH]n1-c1ccccc1. The summed E-state index contributed by atoms with van der Waals surface area (Å²) >= 11 is 0. The number of H-pyrrole nitrogens is 1. The molecule has 4 nitrogen and oxygen atoms in total. The Morgan fingerprint density at radius 2 is 1.83 bits per heavy atom. The maximum absolute atomic E-state index is 12.0. The van der Waals surface area contributed by atoms with Crippen LogP contribution in [0.1, 0.15) is 24.5 Å². The van der Waals surface area contributed by atoms with E-state index in [9.17, 15) is 4.79 Å². The third kappa shape index (κ3) is 2.11. The second kappa shape index (κ2) is 4.82. The average Bonchev–Trinajstić information content (AvgIpc) is 2.83. The molecule has 0 radical (unpaired) electrons. The van der Waals surface area contributed by atoms with Crippen LogP contribution in [0.4, 0.5) is 0 Å². The Hall–Kier alpha value is -1.81. The molecule has 1 aliphatic rings. The number of nitrogens with zero attached hydrogens (tertiary/aromatic N) is 1. The Morgan fingerprint density at radius 3 is 2.56 bits per heavy atom. The fourth-order valence-corrected chi connectivity index (χ4v) is 2.52. The predicted molar refractivity (Wildman–Crippen MR) is 71.2 cm³/mol. The molecule has 0 spiro atoms. The molecule has 1 aliphatic heterocycles. The zero-order valence-corrected chi connectivity index (χ0v) is 10.2. The molecule has 1 aromatic carbocycles. The Labute approximate surface area is 106 Å². The van der Waals surface area contributed by atoms with Gasteiger partial charge in [-0.1, -0.05) is 18.2 Å². The lowest BCUT2D eigenvalue weighted by Crippen LogP contribution is -2.26. The van der Waals surface area contributed by atoms with Gasteiger partial charge in [-0.25, -0.2) is 4.68 Å². The molecule has 2 aromatic rings. The van der Waals surface area contributed by atoms with Crippen molar-refractivity contribution in [1.82, 2.24) is 15.1 Å². The summed E-state index contributed by atoms with van der Waals surface area (Å²) in [6.45, 7) is 2.06. The first kappa shape index (κ1) is 11.3. The van der Waals surface area contributed by atoms with Gasteiger partial charge in [0.25, 0.3) is 5.56 Å². The quantitative estimate of drug-likeness (QED) is 0.842. The van der Waals surface area contributed by atoms with Gasteiger partial charge in [-0.05, 0) is 38.1 Å². The van der Waals surface area contributed by atoms with Gasteiger partial charge >= 0.3 is 0 Å². The maximum Gasteiger partial charge on any atom is 0.271 e. The van der Waals surface area contributed by atoms with Crippen LogP contribution in [-0.4, -0.2) is 22.9 Å². The topological polar surface area (TPSA) is 49.8 Å². The van der Waals surface area contributed by atoms with E-state index >= 15 is 0 Å². The molecule has 0 atom stereocenters. The predicted octanol–water partition coefficient (Wildman–Crippen LogP) is 1.63. The minimum Gasteiger partial charge on any atom is -0.317 e. The lowest BCUT2D eigenvalue weighted by atomic mass is 9.95. The highest BCUT2D eigenvalue weighted by molar-refractivity contribution is 5.30. The molecular weight excluding hydrogens is 226 g/mol.